The van der Waals surface area contributed by atoms with Crippen molar-refractivity contribution in [3.05, 3.63) is 22.4 Å². The molecular formula is C12H17NO2S. The SMILES string of the molecule is CCOC(=O)CN1CCCC1c1cccs1. The number of carbonyl (C=O) groups is 1. The van der Waals surface area contributed by atoms with Crippen molar-refractivity contribution < 1.29 is 9.53 Å². The molecule has 1 atom stereocenters. The molecule has 2 heterocycles. The molecule has 1 aliphatic heterocycles. The Morgan fingerprint density at radius 3 is 3.25 bits per heavy atom. The zero-order valence-corrected chi connectivity index (χ0v) is 10.3. The number of nitrogens with zero attached hydrogens (tertiary/aromatic N) is 1. The topological polar surface area (TPSA) is 29.5 Å². The number of rotatable bonds is 4. The fraction of sp³-hybridized carbons (Fsp3) is 0.583. The van der Waals surface area contributed by atoms with Crippen LogP contribution < -0.4 is 0 Å². The molecule has 1 aliphatic rings. The molecule has 0 N–H and O–H groups in total. The first kappa shape index (κ1) is 11.6. The molecule has 1 aromatic heterocycles. The lowest BCUT2D eigenvalue weighted by Gasteiger charge is -2.22. The van der Waals surface area contributed by atoms with Crippen molar-refractivity contribution in [2.24, 2.45) is 0 Å². The summed E-state index contributed by atoms with van der Waals surface area (Å²) in [6, 6.07) is 4.64. The zero-order valence-electron chi connectivity index (χ0n) is 9.52. The van der Waals surface area contributed by atoms with E-state index in [4.69, 9.17) is 4.74 Å². The predicted octanol–water partition coefficient (Wildman–Crippen LogP) is 2.45. The van der Waals surface area contributed by atoms with Gasteiger partial charge in [-0.15, -0.1) is 11.3 Å². The molecular weight excluding hydrogens is 222 g/mol. The van der Waals surface area contributed by atoms with Crippen LogP contribution in [0, 0.1) is 0 Å². The summed E-state index contributed by atoms with van der Waals surface area (Å²) in [5, 5.41) is 2.09. The first-order chi connectivity index (χ1) is 7.81. The maximum Gasteiger partial charge on any atom is 0.320 e. The van der Waals surface area contributed by atoms with E-state index in [1.54, 1.807) is 11.3 Å². The third-order valence-corrected chi connectivity index (χ3v) is 3.85. The summed E-state index contributed by atoms with van der Waals surface area (Å²) in [5.41, 5.74) is 0. The van der Waals surface area contributed by atoms with E-state index in [0.717, 1.165) is 13.0 Å². The monoisotopic (exact) mass is 239 g/mol. The van der Waals surface area contributed by atoms with Gasteiger partial charge >= 0.3 is 5.97 Å². The number of ether oxygens (including phenoxy) is 1. The van der Waals surface area contributed by atoms with Gasteiger partial charge in [-0.2, -0.15) is 0 Å². The third kappa shape index (κ3) is 2.62. The molecule has 0 bridgehead atoms. The normalized spacial score (nSPS) is 21.2. The van der Waals surface area contributed by atoms with Gasteiger partial charge in [0.1, 0.15) is 0 Å². The number of hydrogen-bond acceptors (Lipinski definition) is 4. The minimum absolute atomic E-state index is 0.106. The Morgan fingerprint density at radius 2 is 2.56 bits per heavy atom. The maximum absolute atomic E-state index is 11.5. The average molecular weight is 239 g/mol. The molecule has 0 spiro atoms. The van der Waals surface area contributed by atoms with Crippen LogP contribution in [0.2, 0.25) is 0 Å². The van der Waals surface area contributed by atoms with Gasteiger partial charge in [0, 0.05) is 10.9 Å². The van der Waals surface area contributed by atoms with Crippen LogP contribution in [-0.4, -0.2) is 30.6 Å². The number of hydrogen-bond donors (Lipinski definition) is 0. The summed E-state index contributed by atoms with van der Waals surface area (Å²) in [4.78, 5) is 15.0. The standard InChI is InChI=1S/C12H17NO2S/c1-2-15-12(14)9-13-7-3-5-10(13)11-6-4-8-16-11/h4,6,8,10H,2-3,5,7,9H2,1H3. The van der Waals surface area contributed by atoms with Gasteiger partial charge in [0.15, 0.2) is 0 Å². The molecule has 1 aromatic rings. The van der Waals surface area contributed by atoms with Crippen molar-refractivity contribution >= 4 is 17.3 Å². The van der Waals surface area contributed by atoms with E-state index in [-0.39, 0.29) is 5.97 Å². The number of likely N-dealkylation sites (tertiary alicyclic amines) is 1. The maximum atomic E-state index is 11.5. The van der Waals surface area contributed by atoms with Crippen LogP contribution in [0.1, 0.15) is 30.7 Å². The van der Waals surface area contributed by atoms with Crippen LogP contribution in [0.3, 0.4) is 0 Å². The minimum Gasteiger partial charge on any atom is -0.465 e. The number of carbonyl (C=O) groups excluding carboxylic acids is 1. The van der Waals surface area contributed by atoms with Crippen LogP contribution in [0.25, 0.3) is 0 Å². The summed E-state index contributed by atoms with van der Waals surface area (Å²) in [7, 11) is 0. The molecule has 0 radical (unpaired) electrons. The van der Waals surface area contributed by atoms with E-state index in [1.165, 1.54) is 11.3 Å². The number of thiophene rings is 1. The Hall–Kier alpha value is -0.870. The smallest absolute Gasteiger partial charge is 0.320 e. The van der Waals surface area contributed by atoms with Crippen molar-refractivity contribution in [3.63, 3.8) is 0 Å². The van der Waals surface area contributed by atoms with E-state index in [0.29, 0.717) is 19.2 Å². The van der Waals surface area contributed by atoms with Crippen LogP contribution >= 0.6 is 11.3 Å². The van der Waals surface area contributed by atoms with E-state index in [2.05, 4.69) is 22.4 Å². The summed E-state index contributed by atoms with van der Waals surface area (Å²) in [6.45, 7) is 3.74. The second-order valence-electron chi connectivity index (χ2n) is 3.95. The van der Waals surface area contributed by atoms with Crippen molar-refractivity contribution in [3.8, 4) is 0 Å². The van der Waals surface area contributed by atoms with E-state index in [9.17, 15) is 4.79 Å². The van der Waals surface area contributed by atoms with Gasteiger partial charge in [0.05, 0.1) is 13.2 Å². The lowest BCUT2D eigenvalue weighted by Crippen LogP contribution is -2.30. The summed E-state index contributed by atoms with van der Waals surface area (Å²) in [5.74, 6) is -0.106. The Morgan fingerprint density at radius 1 is 1.69 bits per heavy atom. The Labute approximate surface area is 100 Å². The largest absolute Gasteiger partial charge is 0.465 e. The van der Waals surface area contributed by atoms with Gasteiger partial charge in [-0.3, -0.25) is 9.69 Å². The van der Waals surface area contributed by atoms with Gasteiger partial charge in [0.2, 0.25) is 0 Å². The van der Waals surface area contributed by atoms with Crippen molar-refractivity contribution in [1.82, 2.24) is 4.90 Å². The third-order valence-electron chi connectivity index (χ3n) is 2.87. The van der Waals surface area contributed by atoms with Crippen molar-refractivity contribution in [1.29, 1.82) is 0 Å². The molecule has 0 aliphatic carbocycles. The zero-order chi connectivity index (χ0) is 11.4. The predicted molar refractivity (Wildman–Crippen MR) is 64.5 cm³/mol. The van der Waals surface area contributed by atoms with Gasteiger partial charge in [-0.25, -0.2) is 0 Å². The molecule has 0 saturated carbocycles. The van der Waals surface area contributed by atoms with Gasteiger partial charge < -0.3 is 4.74 Å². The highest BCUT2D eigenvalue weighted by molar-refractivity contribution is 7.10. The highest BCUT2D eigenvalue weighted by Crippen LogP contribution is 2.33. The lowest BCUT2D eigenvalue weighted by atomic mass is 10.2. The summed E-state index contributed by atoms with van der Waals surface area (Å²) < 4.78 is 4.99. The molecule has 1 unspecified atom stereocenters. The van der Waals surface area contributed by atoms with Crippen LogP contribution in [-0.2, 0) is 9.53 Å². The fourth-order valence-corrected chi connectivity index (χ4v) is 3.09. The van der Waals surface area contributed by atoms with Crippen LogP contribution in [0.4, 0.5) is 0 Å². The second-order valence-corrected chi connectivity index (χ2v) is 4.93. The van der Waals surface area contributed by atoms with Gasteiger partial charge in [-0.05, 0) is 37.8 Å². The molecule has 3 nitrogen and oxygen atoms in total. The molecule has 0 aromatic carbocycles. The molecule has 16 heavy (non-hydrogen) atoms. The van der Waals surface area contributed by atoms with Gasteiger partial charge in [-0.1, -0.05) is 6.07 Å². The van der Waals surface area contributed by atoms with Crippen molar-refractivity contribution in [2.75, 3.05) is 19.7 Å². The van der Waals surface area contributed by atoms with Crippen LogP contribution in [0.5, 0.6) is 0 Å². The molecule has 2 rings (SSSR count). The second kappa shape index (κ2) is 5.46. The first-order valence-electron chi connectivity index (χ1n) is 5.74. The van der Waals surface area contributed by atoms with E-state index in [1.807, 2.05) is 6.92 Å². The highest BCUT2D eigenvalue weighted by atomic mass is 32.1. The van der Waals surface area contributed by atoms with E-state index < -0.39 is 0 Å². The number of esters is 1. The summed E-state index contributed by atoms with van der Waals surface area (Å²) >= 11 is 1.77. The molecule has 1 saturated heterocycles. The fourth-order valence-electron chi connectivity index (χ4n) is 2.19. The Balaban J connectivity index is 1.96. The molecule has 0 amide bonds. The Kier molecular flexibility index (Phi) is 3.96. The first-order valence-corrected chi connectivity index (χ1v) is 6.62. The van der Waals surface area contributed by atoms with Gasteiger partial charge in [0.25, 0.3) is 0 Å². The summed E-state index contributed by atoms with van der Waals surface area (Å²) in [6.07, 6.45) is 2.32. The highest BCUT2D eigenvalue weighted by Gasteiger charge is 2.28. The average Bonchev–Trinajstić information content (AvgIpc) is 2.86. The minimum atomic E-state index is -0.106. The lowest BCUT2D eigenvalue weighted by molar-refractivity contribution is -0.144. The molecule has 88 valence electrons. The molecule has 4 heteroatoms. The quantitative estimate of drug-likeness (QED) is 0.756. The van der Waals surface area contributed by atoms with Crippen molar-refractivity contribution in [2.45, 2.75) is 25.8 Å². The van der Waals surface area contributed by atoms with Crippen LogP contribution in [0.15, 0.2) is 17.5 Å². The van der Waals surface area contributed by atoms with E-state index >= 15 is 0 Å². The molecule has 1 fully saturated rings. The Bertz CT molecular complexity index is 337.